The molecule has 2 heterocycles. The van der Waals surface area contributed by atoms with Crippen molar-refractivity contribution in [2.45, 2.75) is 142 Å². The molecule has 2 saturated carbocycles. The Morgan fingerprint density at radius 3 is 1.43 bits per heavy atom. The summed E-state index contributed by atoms with van der Waals surface area (Å²) in [5, 5.41) is 36.7. The van der Waals surface area contributed by atoms with Gasteiger partial charge in [0.1, 0.15) is 23.3 Å². The molecule has 0 radical (unpaired) electrons. The van der Waals surface area contributed by atoms with Gasteiger partial charge in [0, 0.05) is 19.1 Å². The first kappa shape index (κ1) is 41.3. The molecule has 2 aliphatic carbocycles. The number of hydrogen-bond donors (Lipinski definition) is 5. The third-order valence-electron chi connectivity index (χ3n) is 8.34. The lowest BCUT2D eigenvalue weighted by atomic mass is 10.0. The largest absolute Gasteiger partial charge is 0.548 e. The molecule has 1 unspecified atom stereocenters. The summed E-state index contributed by atoms with van der Waals surface area (Å²) in [6.07, 6.45) is 5.89. The molecule has 4 aliphatic rings. The lowest BCUT2D eigenvalue weighted by molar-refractivity contribution is -0.425. The highest BCUT2D eigenvalue weighted by Gasteiger charge is 2.56. The lowest BCUT2D eigenvalue weighted by Crippen LogP contribution is -2.62. The molecular formula is C32H60N4O10. The Kier molecular flexibility index (Phi) is 15.2. The zero-order valence-corrected chi connectivity index (χ0v) is 29.2. The van der Waals surface area contributed by atoms with Crippen LogP contribution in [0.25, 0.3) is 0 Å². The fourth-order valence-corrected chi connectivity index (χ4v) is 4.91. The molecule has 0 bridgehead atoms. The van der Waals surface area contributed by atoms with Crippen LogP contribution in [0.4, 0.5) is 9.59 Å². The summed E-state index contributed by atoms with van der Waals surface area (Å²) in [5.41, 5.74) is 7.76. The van der Waals surface area contributed by atoms with Crippen molar-refractivity contribution in [3.05, 3.63) is 0 Å². The first-order valence-electron chi connectivity index (χ1n) is 16.3. The summed E-state index contributed by atoms with van der Waals surface area (Å²) < 4.78 is 10.5. The number of carboxylic acid groups (broad SMARTS) is 2. The number of nitrogens with zero attached hydrogens (tertiary/aromatic N) is 2. The quantitative estimate of drug-likeness (QED) is 0.271. The molecule has 4 fully saturated rings. The number of aliphatic hydroxyl groups is 2. The maximum atomic E-state index is 11.9. The molecule has 2 aliphatic heterocycles. The molecular weight excluding hydrogens is 600 g/mol. The Balaban J connectivity index is 0.000000343. The van der Waals surface area contributed by atoms with Crippen LogP contribution in [-0.4, -0.2) is 111 Å². The number of carbonyl (C=O) groups is 4. The van der Waals surface area contributed by atoms with E-state index in [1.165, 1.54) is 9.80 Å². The minimum Gasteiger partial charge on any atom is -0.548 e. The predicted molar refractivity (Wildman–Crippen MR) is 168 cm³/mol. The zero-order chi connectivity index (χ0) is 35.7. The number of hydrogen-bond acceptors (Lipinski definition) is 10. The van der Waals surface area contributed by atoms with Gasteiger partial charge >= 0.3 is 18.2 Å². The van der Waals surface area contributed by atoms with E-state index in [0.717, 1.165) is 38.5 Å². The number of aliphatic carboxylic acids is 2. The molecule has 4 atom stereocenters. The number of aliphatic hydroxyl groups excluding tert-OH is 2. The summed E-state index contributed by atoms with van der Waals surface area (Å²) in [5.74, 6) is -2.11. The number of nitrogens with two attached hydrogens (primary N) is 1. The second kappa shape index (κ2) is 16.9. The number of carbonyl (C=O) groups excluding carboxylic acids is 3. The van der Waals surface area contributed by atoms with Gasteiger partial charge in [-0.05, 0) is 104 Å². The molecule has 8 N–H and O–H groups in total. The van der Waals surface area contributed by atoms with Gasteiger partial charge in [0.15, 0.2) is 0 Å². The fourth-order valence-electron chi connectivity index (χ4n) is 4.91. The molecule has 2 spiro atoms. The van der Waals surface area contributed by atoms with Crippen molar-refractivity contribution in [2.75, 3.05) is 26.3 Å². The van der Waals surface area contributed by atoms with Gasteiger partial charge in [-0.3, -0.25) is 9.80 Å². The molecule has 0 aromatic heterocycles. The Bertz CT molecular complexity index is 929. The van der Waals surface area contributed by atoms with Gasteiger partial charge in [-0.15, -0.1) is 0 Å². The van der Waals surface area contributed by atoms with Crippen LogP contribution >= 0.6 is 0 Å². The summed E-state index contributed by atoms with van der Waals surface area (Å²) in [4.78, 5) is 48.7. The molecule has 0 aromatic carbocycles. The first-order chi connectivity index (χ1) is 21.1. The predicted octanol–water partition coefficient (Wildman–Crippen LogP) is 1.10. The molecule has 4 rings (SSSR count). The first-order valence-corrected chi connectivity index (χ1v) is 16.3. The maximum Gasteiger partial charge on any atom is 0.411 e. The molecule has 2 amide bonds. The zero-order valence-electron chi connectivity index (χ0n) is 29.2. The standard InChI is InChI=1S/2C12H19NO4.2C4H11NO/c2*1-11(2,3)17-10(16)13-7-12(4-5-12)6-8(13)9(14)15;2*1-2-4(5)3-6/h2*8H,4-7H2,1-3H3,(H,14,15);2*4,6H,2-3,5H2,1H3/t8-;;2*4-/m0.11/s1. The summed E-state index contributed by atoms with van der Waals surface area (Å²) in [7, 11) is 0. The molecule has 2 saturated heterocycles. The van der Waals surface area contributed by atoms with E-state index in [4.69, 9.17) is 30.5 Å². The van der Waals surface area contributed by atoms with Crippen molar-refractivity contribution in [3.8, 4) is 0 Å². The lowest BCUT2D eigenvalue weighted by Gasteiger charge is -2.28. The molecule has 14 nitrogen and oxygen atoms in total. The van der Waals surface area contributed by atoms with Gasteiger partial charge < -0.3 is 46.2 Å². The highest BCUT2D eigenvalue weighted by Crippen LogP contribution is 2.55. The van der Waals surface area contributed by atoms with Gasteiger partial charge in [0.05, 0.1) is 25.2 Å². The van der Waals surface area contributed by atoms with Gasteiger partial charge in [-0.1, -0.05) is 13.8 Å². The number of carboxylic acids is 2. The van der Waals surface area contributed by atoms with Gasteiger partial charge in [0.2, 0.25) is 0 Å². The second-order valence-electron chi connectivity index (χ2n) is 15.1. The smallest absolute Gasteiger partial charge is 0.411 e. The highest BCUT2D eigenvalue weighted by molar-refractivity contribution is 5.81. The van der Waals surface area contributed by atoms with E-state index in [0.29, 0.717) is 25.9 Å². The van der Waals surface area contributed by atoms with E-state index in [9.17, 15) is 24.3 Å². The summed E-state index contributed by atoms with van der Waals surface area (Å²) in [6, 6.07) is -1.31. The molecule has 46 heavy (non-hydrogen) atoms. The second-order valence-corrected chi connectivity index (χ2v) is 15.1. The SMILES string of the molecule is CC(C)(C)OC(=O)N1CC2(CC2)CC1C(=O)O.CC(C)(C)OC(=O)N1CC2(CC2)C[C@H]1C(=O)[O-].CC[C@@H](N)CO.CC[C@@H]([NH3+])CO. The van der Waals surface area contributed by atoms with Crippen LogP contribution in [0.15, 0.2) is 0 Å². The summed E-state index contributed by atoms with van der Waals surface area (Å²) >= 11 is 0. The van der Waals surface area contributed by atoms with Gasteiger partial charge in [0.25, 0.3) is 0 Å². The minimum absolute atomic E-state index is 0.00926. The topological polar surface area (TPSA) is 231 Å². The van der Waals surface area contributed by atoms with E-state index in [1.807, 2.05) is 13.8 Å². The van der Waals surface area contributed by atoms with Crippen molar-refractivity contribution < 1.29 is 54.8 Å². The van der Waals surface area contributed by atoms with E-state index in [2.05, 4.69) is 5.73 Å². The molecule has 268 valence electrons. The van der Waals surface area contributed by atoms with Gasteiger partial charge in [-0.25, -0.2) is 14.4 Å². The van der Waals surface area contributed by atoms with E-state index >= 15 is 0 Å². The normalized spacial score (nSPS) is 23.0. The fraction of sp³-hybridized carbons (Fsp3) is 0.875. The van der Waals surface area contributed by atoms with E-state index in [1.54, 1.807) is 41.5 Å². The third kappa shape index (κ3) is 14.0. The average Bonchev–Trinajstić information content (AvgIpc) is 3.80. The number of quaternary nitrogens is 1. The average molecular weight is 661 g/mol. The van der Waals surface area contributed by atoms with Crippen LogP contribution in [0, 0.1) is 10.8 Å². The van der Waals surface area contributed by atoms with Crippen LogP contribution in [-0.2, 0) is 19.1 Å². The number of rotatable bonds is 6. The van der Waals surface area contributed by atoms with Crippen LogP contribution < -0.4 is 16.6 Å². The minimum atomic E-state index is -1.18. The summed E-state index contributed by atoms with van der Waals surface area (Å²) in [6.45, 7) is 15.9. The van der Waals surface area contributed by atoms with Crippen LogP contribution in [0.3, 0.4) is 0 Å². The van der Waals surface area contributed by atoms with Crippen molar-refractivity contribution in [1.82, 2.24) is 9.80 Å². The van der Waals surface area contributed by atoms with Crippen LogP contribution in [0.2, 0.25) is 0 Å². The van der Waals surface area contributed by atoms with Crippen LogP contribution in [0.1, 0.15) is 107 Å². The van der Waals surface area contributed by atoms with E-state index < -0.39 is 47.4 Å². The molecule has 0 aromatic rings. The number of amides is 2. The maximum absolute atomic E-state index is 11.9. The molecule has 14 heteroatoms. The monoisotopic (exact) mass is 660 g/mol. The van der Waals surface area contributed by atoms with Crippen LogP contribution in [0.5, 0.6) is 0 Å². The number of likely N-dealkylation sites (tertiary alicyclic amines) is 2. The van der Waals surface area contributed by atoms with E-state index in [-0.39, 0.29) is 36.1 Å². The highest BCUT2D eigenvalue weighted by atomic mass is 16.6. The Labute approximate surface area is 273 Å². The van der Waals surface area contributed by atoms with Crippen molar-refractivity contribution >= 4 is 24.1 Å². The Morgan fingerprint density at radius 1 is 0.826 bits per heavy atom. The Morgan fingerprint density at radius 2 is 1.22 bits per heavy atom. The van der Waals surface area contributed by atoms with Crippen molar-refractivity contribution in [2.24, 2.45) is 16.6 Å². The van der Waals surface area contributed by atoms with Crippen molar-refractivity contribution in [3.63, 3.8) is 0 Å². The Hall–Kier alpha value is -2.68. The number of ether oxygens (including phenoxy) is 2. The van der Waals surface area contributed by atoms with Crippen molar-refractivity contribution in [1.29, 1.82) is 0 Å². The van der Waals surface area contributed by atoms with Gasteiger partial charge in [-0.2, -0.15) is 0 Å². The third-order valence-corrected chi connectivity index (χ3v) is 8.34.